The minimum atomic E-state index is 0.416. The Labute approximate surface area is 115 Å². The smallest absolute Gasteiger partial charge is 0.125 e. The quantitative estimate of drug-likeness (QED) is 0.748. The maximum atomic E-state index is 6.22. The number of benzene rings is 1. The Morgan fingerprint density at radius 2 is 2.17 bits per heavy atom. The van der Waals surface area contributed by atoms with Crippen molar-refractivity contribution in [2.45, 2.75) is 39.8 Å². The van der Waals surface area contributed by atoms with Crippen LogP contribution in [0.15, 0.2) is 30.4 Å². The van der Waals surface area contributed by atoms with Gasteiger partial charge in [0, 0.05) is 23.2 Å². The molecule has 18 heavy (non-hydrogen) atoms. The third kappa shape index (κ3) is 4.71. The summed E-state index contributed by atoms with van der Waals surface area (Å²) in [7, 11) is 0. The first-order valence-corrected chi connectivity index (χ1v) is 6.72. The summed E-state index contributed by atoms with van der Waals surface area (Å²) in [5, 5.41) is 4.10. The minimum Gasteiger partial charge on any atom is -0.489 e. The van der Waals surface area contributed by atoms with Crippen LogP contribution in [-0.4, -0.2) is 12.6 Å². The maximum absolute atomic E-state index is 6.22. The van der Waals surface area contributed by atoms with Crippen molar-refractivity contribution < 1.29 is 4.74 Å². The van der Waals surface area contributed by atoms with Crippen molar-refractivity contribution in [3.05, 3.63) is 40.9 Å². The van der Waals surface area contributed by atoms with Gasteiger partial charge in [0.15, 0.2) is 0 Å². The fourth-order valence-corrected chi connectivity index (χ4v) is 1.67. The molecule has 100 valence electrons. The van der Waals surface area contributed by atoms with Crippen molar-refractivity contribution in [3.8, 4) is 5.75 Å². The van der Waals surface area contributed by atoms with E-state index in [2.05, 4.69) is 32.7 Å². The van der Waals surface area contributed by atoms with Crippen LogP contribution in [-0.2, 0) is 6.54 Å². The number of nitrogens with one attached hydrogen (secondary N) is 1. The van der Waals surface area contributed by atoms with Gasteiger partial charge in [0.25, 0.3) is 0 Å². The van der Waals surface area contributed by atoms with Crippen LogP contribution in [0.1, 0.15) is 32.8 Å². The van der Waals surface area contributed by atoms with Crippen molar-refractivity contribution >= 4 is 11.6 Å². The van der Waals surface area contributed by atoms with Gasteiger partial charge in [-0.15, -0.1) is 0 Å². The molecule has 0 heterocycles. The average Bonchev–Trinajstić information content (AvgIpc) is 2.34. The highest BCUT2D eigenvalue weighted by Crippen LogP contribution is 2.26. The Balaban J connectivity index is 2.76. The number of rotatable bonds is 7. The van der Waals surface area contributed by atoms with Crippen molar-refractivity contribution in [2.75, 3.05) is 6.61 Å². The molecule has 0 spiro atoms. The lowest BCUT2D eigenvalue weighted by molar-refractivity contribution is 0.343. The summed E-state index contributed by atoms with van der Waals surface area (Å²) < 4.78 is 5.78. The largest absolute Gasteiger partial charge is 0.489 e. The van der Waals surface area contributed by atoms with E-state index >= 15 is 0 Å². The van der Waals surface area contributed by atoms with Gasteiger partial charge in [-0.05, 0) is 24.1 Å². The molecule has 0 radical (unpaired) electrons. The summed E-state index contributed by atoms with van der Waals surface area (Å²) in [6.45, 7) is 11.5. The van der Waals surface area contributed by atoms with E-state index in [9.17, 15) is 0 Å². The van der Waals surface area contributed by atoms with E-state index in [1.165, 1.54) is 0 Å². The second-order valence-electron chi connectivity index (χ2n) is 4.64. The molecule has 0 aliphatic carbocycles. The van der Waals surface area contributed by atoms with E-state index in [4.69, 9.17) is 16.3 Å². The molecular formula is C15H22ClNO. The van der Waals surface area contributed by atoms with Gasteiger partial charge in [0.05, 0.1) is 0 Å². The fourth-order valence-electron chi connectivity index (χ4n) is 1.43. The number of halogens is 1. The van der Waals surface area contributed by atoms with E-state index in [1.54, 1.807) is 0 Å². The summed E-state index contributed by atoms with van der Waals surface area (Å²) >= 11 is 6.22. The van der Waals surface area contributed by atoms with Gasteiger partial charge in [-0.1, -0.05) is 45.0 Å². The van der Waals surface area contributed by atoms with Gasteiger partial charge in [0.1, 0.15) is 12.4 Å². The van der Waals surface area contributed by atoms with E-state index < -0.39 is 0 Å². The Bertz CT molecular complexity index is 401. The van der Waals surface area contributed by atoms with Crippen LogP contribution in [0.2, 0.25) is 5.02 Å². The van der Waals surface area contributed by atoms with Crippen LogP contribution in [0, 0.1) is 0 Å². The van der Waals surface area contributed by atoms with Crippen molar-refractivity contribution in [1.29, 1.82) is 0 Å². The van der Waals surface area contributed by atoms with Crippen molar-refractivity contribution in [1.82, 2.24) is 5.32 Å². The Morgan fingerprint density at radius 1 is 1.44 bits per heavy atom. The lowest BCUT2D eigenvalue weighted by atomic mass is 10.2. The first-order chi connectivity index (χ1) is 8.54. The zero-order valence-corrected chi connectivity index (χ0v) is 12.2. The monoisotopic (exact) mass is 267 g/mol. The van der Waals surface area contributed by atoms with Gasteiger partial charge in [-0.2, -0.15) is 0 Å². The first kappa shape index (κ1) is 15.1. The van der Waals surface area contributed by atoms with Gasteiger partial charge in [0.2, 0.25) is 0 Å². The van der Waals surface area contributed by atoms with Gasteiger partial charge < -0.3 is 10.1 Å². The highest BCUT2D eigenvalue weighted by atomic mass is 35.5. The van der Waals surface area contributed by atoms with Crippen molar-refractivity contribution in [2.24, 2.45) is 0 Å². The molecule has 0 aliphatic rings. The lowest BCUT2D eigenvalue weighted by Crippen LogP contribution is -2.22. The number of hydrogen-bond acceptors (Lipinski definition) is 2. The highest BCUT2D eigenvalue weighted by Gasteiger charge is 2.09. The zero-order valence-electron chi connectivity index (χ0n) is 11.4. The predicted octanol–water partition coefficient (Wildman–Crippen LogP) is 4.18. The van der Waals surface area contributed by atoms with Crippen LogP contribution in [0.4, 0.5) is 0 Å². The summed E-state index contributed by atoms with van der Waals surface area (Å²) in [6, 6.07) is 6.16. The second kappa shape index (κ2) is 7.45. The molecule has 1 rings (SSSR count). The predicted molar refractivity (Wildman–Crippen MR) is 78.4 cm³/mol. The summed E-state index contributed by atoms with van der Waals surface area (Å²) in [5.74, 6) is 0.838. The molecule has 1 N–H and O–H groups in total. The first-order valence-electron chi connectivity index (χ1n) is 6.34. The zero-order chi connectivity index (χ0) is 13.5. The van der Waals surface area contributed by atoms with Crippen LogP contribution < -0.4 is 10.1 Å². The molecule has 2 nitrogen and oxygen atoms in total. The van der Waals surface area contributed by atoms with Crippen molar-refractivity contribution in [3.63, 3.8) is 0 Å². The molecule has 1 aromatic rings. The SMILES string of the molecule is C=C(CC)COc1cccc(Cl)c1CNC(C)C. The van der Waals surface area contributed by atoms with Gasteiger partial charge >= 0.3 is 0 Å². The minimum absolute atomic E-state index is 0.416. The molecule has 3 heteroatoms. The normalized spacial score (nSPS) is 10.7. The molecule has 0 saturated heterocycles. The molecule has 0 aliphatic heterocycles. The van der Waals surface area contributed by atoms with E-state index in [0.717, 1.165) is 28.3 Å². The molecular weight excluding hydrogens is 246 g/mol. The Kier molecular flexibility index (Phi) is 6.23. The third-order valence-electron chi connectivity index (χ3n) is 2.69. The molecule has 0 fully saturated rings. The molecule has 0 amide bonds. The highest BCUT2D eigenvalue weighted by molar-refractivity contribution is 6.31. The van der Waals surface area contributed by atoms with E-state index in [-0.39, 0.29) is 0 Å². The molecule has 0 bridgehead atoms. The van der Waals surface area contributed by atoms with Gasteiger partial charge in [-0.3, -0.25) is 0 Å². The molecule has 1 aromatic carbocycles. The van der Waals surface area contributed by atoms with Crippen LogP contribution in [0.5, 0.6) is 5.75 Å². The van der Waals surface area contributed by atoms with Gasteiger partial charge in [-0.25, -0.2) is 0 Å². The fraction of sp³-hybridized carbons (Fsp3) is 0.467. The topological polar surface area (TPSA) is 21.3 Å². The molecule has 0 aromatic heterocycles. The Morgan fingerprint density at radius 3 is 2.78 bits per heavy atom. The summed E-state index contributed by atoms with van der Waals surface area (Å²) in [6.07, 6.45) is 0.931. The summed E-state index contributed by atoms with van der Waals surface area (Å²) in [5.41, 5.74) is 2.09. The summed E-state index contributed by atoms with van der Waals surface area (Å²) in [4.78, 5) is 0. The van der Waals surface area contributed by atoms with E-state index in [0.29, 0.717) is 19.2 Å². The standard InChI is InChI=1S/C15H22ClNO/c1-5-12(4)10-18-15-8-6-7-14(16)13(15)9-17-11(2)3/h6-8,11,17H,4-5,9-10H2,1-3H3. The number of ether oxygens (including phenoxy) is 1. The molecule has 0 unspecified atom stereocenters. The van der Waals surface area contributed by atoms with E-state index in [1.807, 2.05) is 18.2 Å². The molecule has 0 saturated carbocycles. The Hall–Kier alpha value is -0.990. The second-order valence-corrected chi connectivity index (χ2v) is 5.05. The number of hydrogen-bond donors (Lipinski definition) is 1. The van der Waals surface area contributed by atoms with Crippen LogP contribution >= 0.6 is 11.6 Å². The molecule has 0 atom stereocenters. The maximum Gasteiger partial charge on any atom is 0.125 e. The lowest BCUT2D eigenvalue weighted by Gasteiger charge is -2.15. The third-order valence-corrected chi connectivity index (χ3v) is 3.05. The average molecular weight is 268 g/mol. The van der Waals surface area contributed by atoms with Crippen LogP contribution in [0.3, 0.4) is 0 Å². The van der Waals surface area contributed by atoms with Crippen LogP contribution in [0.25, 0.3) is 0 Å².